The fourth-order valence-electron chi connectivity index (χ4n) is 6.79. The summed E-state index contributed by atoms with van der Waals surface area (Å²) in [5.41, 5.74) is 3.47. The Kier molecular flexibility index (Phi) is 5.94. The van der Waals surface area contributed by atoms with Gasteiger partial charge >= 0.3 is 12.1 Å². The summed E-state index contributed by atoms with van der Waals surface area (Å²) in [4.78, 5) is 28.6. The number of carbonyl (C=O) groups excluding carboxylic acids is 2. The molecule has 0 bridgehead atoms. The summed E-state index contributed by atoms with van der Waals surface area (Å²) in [6.45, 7) is 5.22. The van der Waals surface area contributed by atoms with E-state index in [-0.39, 0.29) is 6.54 Å². The van der Waals surface area contributed by atoms with E-state index in [0.717, 1.165) is 65.3 Å². The Labute approximate surface area is 244 Å². The third kappa shape index (κ3) is 3.92. The minimum absolute atomic E-state index is 0.254. The van der Waals surface area contributed by atoms with E-state index in [4.69, 9.17) is 9.47 Å². The Bertz CT molecular complexity index is 1950. The number of carbonyl (C=O) groups is 2. The topological polar surface area (TPSA) is 55.8 Å². The van der Waals surface area contributed by atoms with Crippen molar-refractivity contribution in [2.45, 2.75) is 32.4 Å². The SMILES string of the molecule is COC(=O)N(CC(=O)OC(C)(C)C)C1c2c(c3ccccc3c3ccccc23)-c2c1c1ccccc1c1ccccc21. The van der Waals surface area contributed by atoms with Crippen LogP contribution in [0.3, 0.4) is 0 Å². The first-order valence-corrected chi connectivity index (χ1v) is 14.2. The molecule has 7 rings (SSSR count). The Morgan fingerprint density at radius 2 is 0.976 bits per heavy atom. The highest BCUT2D eigenvalue weighted by atomic mass is 16.6. The molecule has 0 aromatic heterocycles. The minimum Gasteiger partial charge on any atom is -0.459 e. The molecule has 5 heteroatoms. The summed E-state index contributed by atoms with van der Waals surface area (Å²) in [7, 11) is 1.36. The van der Waals surface area contributed by atoms with E-state index in [9.17, 15) is 9.59 Å². The molecule has 208 valence electrons. The molecule has 6 aromatic rings. The number of benzene rings is 6. The van der Waals surface area contributed by atoms with Crippen molar-refractivity contribution in [3.05, 3.63) is 108 Å². The Balaban J connectivity index is 1.66. The Morgan fingerprint density at radius 3 is 1.36 bits per heavy atom. The van der Waals surface area contributed by atoms with Gasteiger partial charge in [0.2, 0.25) is 0 Å². The number of fused-ring (bicyclic) bond motifs is 13. The van der Waals surface area contributed by atoms with Crippen molar-refractivity contribution < 1.29 is 19.1 Å². The quantitative estimate of drug-likeness (QED) is 0.162. The molecule has 1 amide bonds. The average molecular weight is 554 g/mol. The molecule has 0 heterocycles. The number of esters is 1. The van der Waals surface area contributed by atoms with Crippen LogP contribution in [-0.4, -0.2) is 36.2 Å². The summed E-state index contributed by atoms with van der Waals surface area (Å²) in [6, 6.07) is 33.0. The second kappa shape index (κ2) is 9.59. The van der Waals surface area contributed by atoms with Crippen LogP contribution < -0.4 is 0 Å². The van der Waals surface area contributed by atoms with E-state index in [2.05, 4.69) is 72.8 Å². The maximum atomic E-state index is 13.7. The lowest BCUT2D eigenvalue weighted by atomic mass is 9.89. The van der Waals surface area contributed by atoms with Gasteiger partial charge in [-0.1, -0.05) is 97.1 Å². The first-order chi connectivity index (χ1) is 20.3. The zero-order chi connectivity index (χ0) is 29.2. The number of hydrogen-bond acceptors (Lipinski definition) is 4. The number of hydrogen-bond donors (Lipinski definition) is 0. The Morgan fingerprint density at radius 1 is 0.619 bits per heavy atom. The summed E-state index contributed by atoms with van der Waals surface area (Å²) in [5, 5.41) is 8.79. The summed E-state index contributed by atoms with van der Waals surface area (Å²) < 4.78 is 11.1. The van der Waals surface area contributed by atoms with Gasteiger partial charge in [0.1, 0.15) is 12.1 Å². The molecular formula is C37H31NO4. The van der Waals surface area contributed by atoms with Crippen LogP contribution in [0.1, 0.15) is 37.9 Å². The highest BCUT2D eigenvalue weighted by molar-refractivity contribution is 6.25. The lowest BCUT2D eigenvalue weighted by Crippen LogP contribution is -2.41. The predicted octanol–water partition coefficient (Wildman–Crippen LogP) is 8.78. The van der Waals surface area contributed by atoms with Gasteiger partial charge in [0, 0.05) is 0 Å². The molecule has 42 heavy (non-hydrogen) atoms. The van der Waals surface area contributed by atoms with Crippen LogP contribution in [0, 0.1) is 0 Å². The summed E-state index contributed by atoms with van der Waals surface area (Å²) in [6.07, 6.45) is -0.584. The third-order valence-electron chi connectivity index (χ3n) is 8.18. The van der Waals surface area contributed by atoms with Gasteiger partial charge in [-0.25, -0.2) is 4.79 Å². The largest absolute Gasteiger partial charge is 0.459 e. The fraction of sp³-hybridized carbons (Fsp3) is 0.189. The number of rotatable bonds is 3. The van der Waals surface area contributed by atoms with Crippen LogP contribution in [0.2, 0.25) is 0 Å². The third-order valence-corrected chi connectivity index (χ3v) is 8.18. The van der Waals surface area contributed by atoms with Gasteiger partial charge in [0.15, 0.2) is 0 Å². The van der Waals surface area contributed by atoms with Crippen molar-refractivity contribution in [1.29, 1.82) is 0 Å². The van der Waals surface area contributed by atoms with Gasteiger partial charge in [-0.3, -0.25) is 9.69 Å². The monoisotopic (exact) mass is 553 g/mol. The lowest BCUT2D eigenvalue weighted by molar-refractivity contribution is -0.156. The molecule has 1 aliphatic rings. The van der Waals surface area contributed by atoms with Crippen LogP contribution in [0.25, 0.3) is 54.2 Å². The molecule has 0 aliphatic heterocycles. The van der Waals surface area contributed by atoms with Crippen molar-refractivity contribution in [3.63, 3.8) is 0 Å². The maximum Gasteiger partial charge on any atom is 0.410 e. The highest BCUT2D eigenvalue weighted by Gasteiger charge is 2.42. The van der Waals surface area contributed by atoms with Crippen molar-refractivity contribution in [2.75, 3.05) is 13.7 Å². The maximum absolute atomic E-state index is 13.7. The zero-order valence-corrected chi connectivity index (χ0v) is 24.1. The van der Waals surface area contributed by atoms with E-state index < -0.39 is 23.7 Å². The molecule has 5 nitrogen and oxygen atoms in total. The Hall–Kier alpha value is -4.90. The number of ether oxygens (including phenoxy) is 2. The number of amides is 1. The normalized spacial score (nSPS) is 13.0. The van der Waals surface area contributed by atoms with Crippen molar-refractivity contribution in [2.24, 2.45) is 0 Å². The second-order valence-corrected chi connectivity index (χ2v) is 11.8. The van der Waals surface area contributed by atoms with Crippen molar-refractivity contribution >= 4 is 55.2 Å². The number of methoxy groups -OCH3 is 1. The van der Waals surface area contributed by atoms with Crippen LogP contribution in [0.4, 0.5) is 4.79 Å². The van der Waals surface area contributed by atoms with Gasteiger partial charge in [-0.05, 0) is 86.1 Å². The van der Waals surface area contributed by atoms with E-state index in [1.165, 1.54) is 7.11 Å². The molecule has 0 spiro atoms. The van der Waals surface area contributed by atoms with E-state index >= 15 is 0 Å². The minimum atomic E-state index is -0.698. The van der Waals surface area contributed by atoms with Gasteiger partial charge in [0.05, 0.1) is 13.2 Å². The van der Waals surface area contributed by atoms with Crippen LogP contribution in [0.15, 0.2) is 97.1 Å². The predicted molar refractivity (Wildman–Crippen MR) is 169 cm³/mol. The van der Waals surface area contributed by atoms with Gasteiger partial charge in [-0.15, -0.1) is 0 Å². The van der Waals surface area contributed by atoms with Gasteiger partial charge in [0.25, 0.3) is 0 Å². The lowest BCUT2D eigenvalue weighted by Gasteiger charge is -2.31. The molecule has 1 aliphatic carbocycles. The highest BCUT2D eigenvalue weighted by Crippen LogP contribution is 2.57. The molecule has 6 aromatic carbocycles. The molecule has 0 atom stereocenters. The second-order valence-electron chi connectivity index (χ2n) is 11.8. The molecular weight excluding hydrogens is 522 g/mol. The van der Waals surface area contributed by atoms with Gasteiger partial charge < -0.3 is 9.47 Å². The summed E-state index contributed by atoms with van der Waals surface area (Å²) >= 11 is 0. The van der Waals surface area contributed by atoms with Crippen LogP contribution in [0.5, 0.6) is 0 Å². The molecule has 0 unspecified atom stereocenters. The molecule has 0 radical (unpaired) electrons. The van der Waals surface area contributed by atoms with Crippen LogP contribution >= 0.6 is 0 Å². The molecule has 0 saturated carbocycles. The van der Waals surface area contributed by atoms with E-state index in [1.54, 1.807) is 4.90 Å². The summed E-state index contributed by atoms with van der Waals surface area (Å²) in [5.74, 6) is -0.488. The van der Waals surface area contributed by atoms with E-state index in [1.807, 2.05) is 45.0 Å². The smallest absolute Gasteiger partial charge is 0.410 e. The van der Waals surface area contributed by atoms with Crippen molar-refractivity contribution in [3.8, 4) is 11.1 Å². The molecule has 0 fully saturated rings. The zero-order valence-electron chi connectivity index (χ0n) is 24.1. The molecule has 0 N–H and O–H groups in total. The molecule has 0 saturated heterocycles. The van der Waals surface area contributed by atoms with E-state index in [0.29, 0.717) is 0 Å². The fourth-order valence-corrected chi connectivity index (χ4v) is 6.79. The van der Waals surface area contributed by atoms with Crippen molar-refractivity contribution in [1.82, 2.24) is 4.90 Å². The first-order valence-electron chi connectivity index (χ1n) is 14.2. The van der Waals surface area contributed by atoms with Gasteiger partial charge in [-0.2, -0.15) is 0 Å². The first kappa shape index (κ1) is 26.0. The average Bonchev–Trinajstić information content (AvgIpc) is 3.36. The number of nitrogens with zero attached hydrogens (tertiary/aromatic N) is 1. The standard InChI is InChI=1S/C37H31NO4/c1-37(2,3)42-30(39)21-38(36(40)41-4)35-33-28-19-11-7-15-24(28)22-13-5-9-17-26(22)31(33)32-27-18-10-6-14-23(27)25-16-8-12-20-29(25)34(32)35/h5-20,35H,21H2,1-4H3. The van der Waals surface area contributed by atoms with Crippen LogP contribution in [-0.2, 0) is 14.3 Å².